The van der Waals surface area contributed by atoms with Crippen LogP contribution in [0.2, 0.25) is 0 Å². The van der Waals surface area contributed by atoms with E-state index in [2.05, 4.69) is 15.0 Å². The standard InChI is InChI=1S/C21H22N4O5S3/c26-20(16-4-8-19(9-5-16)33(29,30)25-13-2-1-3-14-25)23-17-6-10-18(11-7-17)32(27,28)24-21-22-12-15-31-21/h4-12,15H,1-3,13-14H2,(H,22,24)(H,23,26). The predicted molar refractivity (Wildman–Crippen MR) is 126 cm³/mol. The number of piperidine rings is 1. The minimum absolute atomic E-state index is 0.0305. The van der Waals surface area contributed by atoms with E-state index < -0.39 is 26.0 Å². The van der Waals surface area contributed by atoms with Crippen LogP contribution in [0.4, 0.5) is 10.8 Å². The molecule has 3 aromatic rings. The molecule has 1 amide bonds. The van der Waals surface area contributed by atoms with Crippen molar-refractivity contribution in [1.29, 1.82) is 0 Å². The Hall–Kier alpha value is -2.80. The summed E-state index contributed by atoms with van der Waals surface area (Å²) in [6.07, 6.45) is 4.22. The summed E-state index contributed by atoms with van der Waals surface area (Å²) in [5.74, 6) is -0.437. The Balaban J connectivity index is 1.42. The monoisotopic (exact) mass is 506 g/mol. The largest absolute Gasteiger partial charge is 0.322 e. The third-order valence-corrected chi connectivity index (χ3v) is 9.23. The second kappa shape index (κ2) is 9.59. The van der Waals surface area contributed by atoms with Crippen LogP contribution in [0, 0.1) is 0 Å². The highest BCUT2D eigenvalue weighted by Gasteiger charge is 2.26. The van der Waals surface area contributed by atoms with Crippen molar-refractivity contribution < 1.29 is 21.6 Å². The van der Waals surface area contributed by atoms with Gasteiger partial charge in [-0.3, -0.25) is 9.52 Å². The first-order valence-corrected chi connectivity index (χ1v) is 14.0. The van der Waals surface area contributed by atoms with Crippen LogP contribution in [0.3, 0.4) is 0 Å². The fourth-order valence-corrected chi connectivity index (χ4v) is 6.71. The average Bonchev–Trinajstić information content (AvgIpc) is 3.32. The first-order valence-electron chi connectivity index (χ1n) is 10.2. The molecule has 0 aliphatic carbocycles. The quantitative estimate of drug-likeness (QED) is 0.506. The van der Waals surface area contributed by atoms with Crippen molar-refractivity contribution in [2.24, 2.45) is 0 Å². The number of thiazole rings is 1. The second-order valence-corrected chi connectivity index (χ2v) is 11.9. The molecule has 12 heteroatoms. The average molecular weight is 507 g/mol. The van der Waals surface area contributed by atoms with Gasteiger partial charge in [0.25, 0.3) is 15.9 Å². The van der Waals surface area contributed by atoms with Gasteiger partial charge in [-0.2, -0.15) is 4.31 Å². The van der Waals surface area contributed by atoms with E-state index in [4.69, 9.17) is 0 Å². The molecular formula is C21H22N4O5S3. The highest BCUT2D eigenvalue weighted by Crippen LogP contribution is 2.22. The Morgan fingerprint density at radius 1 is 0.879 bits per heavy atom. The fourth-order valence-electron chi connectivity index (χ4n) is 3.40. The maximum absolute atomic E-state index is 12.7. The summed E-state index contributed by atoms with van der Waals surface area (Å²) in [7, 11) is -7.35. The Labute approximate surface area is 196 Å². The number of aromatic nitrogens is 1. The lowest BCUT2D eigenvalue weighted by Gasteiger charge is -2.25. The van der Waals surface area contributed by atoms with Gasteiger partial charge in [0.05, 0.1) is 9.79 Å². The molecule has 9 nitrogen and oxygen atoms in total. The van der Waals surface area contributed by atoms with E-state index in [9.17, 15) is 21.6 Å². The first kappa shape index (κ1) is 23.4. The van der Waals surface area contributed by atoms with Crippen molar-refractivity contribution >= 4 is 48.1 Å². The van der Waals surface area contributed by atoms with Crippen molar-refractivity contribution in [2.75, 3.05) is 23.1 Å². The molecule has 1 aromatic heterocycles. The van der Waals surface area contributed by atoms with Crippen LogP contribution in [0.15, 0.2) is 69.9 Å². The highest BCUT2D eigenvalue weighted by atomic mass is 32.2. The van der Waals surface area contributed by atoms with Crippen molar-refractivity contribution in [1.82, 2.24) is 9.29 Å². The maximum Gasteiger partial charge on any atom is 0.263 e. The molecule has 2 aromatic carbocycles. The third kappa shape index (κ3) is 5.41. The minimum atomic E-state index is -3.78. The molecule has 1 fully saturated rings. The molecule has 1 aliphatic heterocycles. The topological polar surface area (TPSA) is 126 Å². The maximum atomic E-state index is 12.7. The molecule has 0 spiro atoms. The number of hydrogen-bond donors (Lipinski definition) is 2. The van der Waals surface area contributed by atoms with Crippen LogP contribution in [0.1, 0.15) is 29.6 Å². The normalized spacial score (nSPS) is 15.2. The molecule has 0 saturated carbocycles. The predicted octanol–water partition coefficient (Wildman–Crippen LogP) is 3.37. The Bertz CT molecular complexity index is 1320. The van der Waals surface area contributed by atoms with Crippen LogP contribution in [-0.2, 0) is 20.0 Å². The van der Waals surface area contributed by atoms with Crippen LogP contribution >= 0.6 is 11.3 Å². The van der Waals surface area contributed by atoms with E-state index in [1.807, 2.05) is 0 Å². The molecule has 33 heavy (non-hydrogen) atoms. The van der Waals surface area contributed by atoms with Crippen molar-refractivity contribution in [3.8, 4) is 0 Å². The molecule has 1 saturated heterocycles. The summed E-state index contributed by atoms with van der Waals surface area (Å²) in [6.45, 7) is 1.02. The molecular weight excluding hydrogens is 484 g/mol. The summed E-state index contributed by atoms with van der Waals surface area (Å²) in [4.78, 5) is 16.6. The van der Waals surface area contributed by atoms with E-state index in [1.165, 1.54) is 70.4 Å². The van der Waals surface area contributed by atoms with E-state index >= 15 is 0 Å². The van der Waals surface area contributed by atoms with Gasteiger partial charge >= 0.3 is 0 Å². The van der Waals surface area contributed by atoms with Gasteiger partial charge in [0.1, 0.15) is 0 Å². The number of carbonyl (C=O) groups is 1. The number of benzene rings is 2. The lowest BCUT2D eigenvalue weighted by molar-refractivity contribution is 0.102. The van der Waals surface area contributed by atoms with Gasteiger partial charge in [-0.1, -0.05) is 6.42 Å². The fraction of sp³-hybridized carbons (Fsp3) is 0.238. The van der Waals surface area contributed by atoms with Gasteiger partial charge < -0.3 is 5.32 Å². The van der Waals surface area contributed by atoms with E-state index in [1.54, 1.807) is 5.38 Å². The zero-order chi connectivity index (χ0) is 23.5. The number of hydrogen-bond acceptors (Lipinski definition) is 7. The lowest BCUT2D eigenvalue weighted by atomic mass is 10.2. The summed E-state index contributed by atoms with van der Waals surface area (Å²) in [5.41, 5.74) is 0.688. The van der Waals surface area contributed by atoms with Crippen molar-refractivity contribution in [3.05, 3.63) is 65.7 Å². The molecule has 2 heterocycles. The third-order valence-electron chi connectivity index (χ3n) is 5.15. The van der Waals surface area contributed by atoms with Crippen LogP contribution < -0.4 is 10.0 Å². The summed E-state index contributed by atoms with van der Waals surface area (Å²) in [5, 5.41) is 4.60. The van der Waals surface area contributed by atoms with E-state index in [0.717, 1.165) is 19.3 Å². The van der Waals surface area contributed by atoms with Gasteiger partial charge in [0.15, 0.2) is 5.13 Å². The lowest BCUT2D eigenvalue weighted by Crippen LogP contribution is -2.35. The van der Waals surface area contributed by atoms with Gasteiger partial charge in [-0.05, 0) is 61.4 Å². The van der Waals surface area contributed by atoms with Crippen molar-refractivity contribution in [2.45, 2.75) is 29.1 Å². The van der Waals surface area contributed by atoms with Gasteiger partial charge in [0.2, 0.25) is 10.0 Å². The highest BCUT2D eigenvalue weighted by molar-refractivity contribution is 7.93. The Morgan fingerprint density at radius 2 is 1.52 bits per heavy atom. The van der Waals surface area contributed by atoms with Gasteiger partial charge in [0, 0.05) is 35.9 Å². The van der Waals surface area contributed by atoms with Gasteiger partial charge in [-0.25, -0.2) is 21.8 Å². The molecule has 0 radical (unpaired) electrons. The van der Waals surface area contributed by atoms with Crippen LogP contribution in [0.25, 0.3) is 0 Å². The zero-order valence-corrected chi connectivity index (χ0v) is 19.9. The number of nitrogens with one attached hydrogen (secondary N) is 2. The van der Waals surface area contributed by atoms with Crippen LogP contribution in [0.5, 0.6) is 0 Å². The smallest absolute Gasteiger partial charge is 0.263 e. The van der Waals surface area contributed by atoms with Gasteiger partial charge in [-0.15, -0.1) is 11.3 Å². The van der Waals surface area contributed by atoms with Crippen molar-refractivity contribution in [3.63, 3.8) is 0 Å². The molecule has 174 valence electrons. The molecule has 0 bridgehead atoms. The first-order chi connectivity index (χ1) is 15.8. The molecule has 0 unspecified atom stereocenters. The Morgan fingerprint density at radius 3 is 2.12 bits per heavy atom. The second-order valence-electron chi connectivity index (χ2n) is 7.41. The molecule has 4 rings (SSSR count). The number of anilines is 2. The molecule has 2 N–H and O–H groups in total. The zero-order valence-electron chi connectivity index (χ0n) is 17.5. The summed E-state index contributed by atoms with van der Waals surface area (Å²) >= 11 is 1.17. The number of amides is 1. The minimum Gasteiger partial charge on any atom is -0.322 e. The summed E-state index contributed by atoms with van der Waals surface area (Å²) in [6, 6.07) is 11.5. The molecule has 0 atom stereocenters. The van der Waals surface area contributed by atoms with E-state index in [-0.39, 0.29) is 20.5 Å². The molecule has 1 aliphatic rings. The SMILES string of the molecule is O=C(Nc1ccc(S(=O)(=O)Nc2nccs2)cc1)c1ccc(S(=O)(=O)N2CCCCC2)cc1. The summed E-state index contributed by atoms with van der Waals surface area (Å²) < 4.78 is 54.1. The van der Waals surface area contributed by atoms with E-state index in [0.29, 0.717) is 18.8 Å². The number of sulfonamides is 2. The number of carbonyl (C=O) groups excluding carboxylic acids is 1. The number of rotatable bonds is 7. The van der Waals surface area contributed by atoms with Crippen LogP contribution in [-0.4, -0.2) is 45.1 Å². The Kier molecular flexibility index (Phi) is 6.79. The number of nitrogens with zero attached hydrogens (tertiary/aromatic N) is 2.